The third-order valence-corrected chi connectivity index (χ3v) is 4.92. The molecule has 2 aliphatic rings. The van der Waals surface area contributed by atoms with Crippen molar-refractivity contribution in [1.82, 2.24) is 0 Å². The Bertz CT molecular complexity index is 762. The number of rotatable bonds is 3. The van der Waals surface area contributed by atoms with Crippen molar-refractivity contribution in [3.8, 4) is 0 Å². The van der Waals surface area contributed by atoms with Gasteiger partial charge in [-0.1, -0.05) is 23.7 Å². The summed E-state index contributed by atoms with van der Waals surface area (Å²) >= 11 is 6.02. The van der Waals surface area contributed by atoms with Gasteiger partial charge in [0.25, 0.3) is 0 Å². The van der Waals surface area contributed by atoms with E-state index in [1.54, 1.807) is 12.1 Å². The second-order valence-electron chi connectivity index (χ2n) is 6.88. The van der Waals surface area contributed by atoms with E-state index >= 15 is 0 Å². The number of benzene rings is 1. The van der Waals surface area contributed by atoms with Crippen LogP contribution in [-0.4, -0.2) is 23.6 Å². The summed E-state index contributed by atoms with van der Waals surface area (Å²) in [5.74, 6) is -1.19. The van der Waals surface area contributed by atoms with Gasteiger partial charge in [-0.25, -0.2) is 0 Å². The maximum absolute atomic E-state index is 12.8. The first-order valence-electron chi connectivity index (χ1n) is 8.66. The molecule has 0 saturated heterocycles. The third kappa shape index (κ3) is 3.54. The van der Waals surface area contributed by atoms with E-state index in [0.717, 1.165) is 24.1 Å². The van der Waals surface area contributed by atoms with Crippen LogP contribution in [0.25, 0.3) is 0 Å². The number of carbonyl (C=O) groups excluding carboxylic acids is 2. The van der Waals surface area contributed by atoms with Gasteiger partial charge in [-0.3, -0.25) is 14.6 Å². The smallest absolute Gasteiger partial charge is 0.315 e. The summed E-state index contributed by atoms with van der Waals surface area (Å²) in [6.45, 7) is 5.49. The minimum atomic E-state index is -0.579. The molecule has 0 saturated carbocycles. The molecule has 1 aromatic rings. The Morgan fingerprint density at radius 3 is 2.56 bits per heavy atom. The van der Waals surface area contributed by atoms with Crippen LogP contribution in [0.2, 0.25) is 5.02 Å². The van der Waals surface area contributed by atoms with Crippen molar-refractivity contribution >= 4 is 29.1 Å². The SMILES string of the molecule is CC1=NC2=C(C(=O)CCC2)[C@@H](c2ccc(Cl)cc2)C1C(=O)OC(C)C. The lowest BCUT2D eigenvalue weighted by molar-refractivity contribution is -0.150. The molecule has 25 heavy (non-hydrogen) atoms. The number of Topliss-reactive ketones (excluding diaryl/α,β-unsaturated/α-hetero) is 1. The molecule has 0 amide bonds. The summed E-state index contributed by atoms with van der Waals surface area (Å²) in [6, 6.07) is 7.34. The third-order valence-electron chi connectivity index (χ3n) is 4.67. The van der Waals surface area contributed by atoms with Gasteiger partial charge >= 0.3 is 5.97 Å². The van der Waals surface area contributed by atoms with E-state index in [9.17, 15) is 9.59 Å². The first-order chi connectivity index (χ1) is 11.9. The van der Waals surface area contributed by atoms with Crippen LogP contribution in [0.15, 0.2) is 40.5 Å². The highest BCUT2D eigenvalue weighted by Crippen LogP contribution is 2.43. The van der Waals surface area contributed by atoms with Gasteiger partial charge in [-0.05, 0) is 51.3 Å². The van der Waals surface area contributed by atoms with Gasteiger partial charge < -0.3 is 4.74 Å². The number of nitrogens with zero attached hydrogens (tertiary/aromatic N) is 1. The number of carbonyl (C=O) groups is 2. The van der Waals surface area contributed by atoms with Crippen LogP contribution in [0.3, 0.4) is 0 Å². The van der Waals surface area contributed by atoms with Crippen molar-refractivity contribution in [3.05, 3.63) is 46.1 Å². The molecule has 1 unspecified atom stereocenters. The van der Waals surface area contributed by atoms with Crippen molar-refractivity contribution in [2.75, 3.05) is 0 Å². The molecule has 0 radical (unpaired) electrons. The van der Waals surface area contributed by atoms with Crippen LogP contribution in [-0.2, 0) is 14.3 Å². The Morgan fingerprint density at radius 2 is 1.92 bits per heavy atom. The molecule has 0 aromatic heterocycles. The number of ether oxygens (including phenoxy) is 1. The van der Waals surface area contributed by atoms with E-state index in [4.69, 9.17) is 16.3 Å². The van der Waals surface area contributed by atoms with E-state index in [1.165, 1.54) is 0 Å². The normalized spacial score (nSPS) is 23.4. The minimum absolute atomic E-state index is 0.0831. The molecule has 0 N–H and O–H groups in total. The van der Waals surface area contributed by atoms with Crippen molar-refractivity contribution in [1.29, 1.82) is 0 Å². The number of hydrogen-bond acceptors (Lipinski definition) is 4. The van der Waals surface area contributed by atoms with E-state index in [2.05, 4.69) is 4.99 Å². The molecule has 0 spiro atoms. The van der Waals surface area contributed by atoms with Gasteiger partial charge in [0, 0.05) is 34.3 Å². The lowest BCUT2D eigenvalue weighted by Crippen LogP contribution is -2.38. The number of ketones is 1. The zero-order chi connectivity index (χ0) is 18.1. The second-order valence-corrected chi connectivity index (χ2v) is 7.32. The number of aliphatic imine (C=N–C) groups is 1. The molecule has 1 aliphatic heterocycles. The number of halogens is 1. The highest BCUT2D eigenvalue weighted by Gasteiger charge is 2.43. The molecule has 1 heterocycles. The maximum Gasteiger partial charge on any atom is 0.315 e. The molecule has 2 atom stereocenters. The van der Waals surface area contributed by atoms with Gasteiger partial charge in [0.2, 0.25) is 0 Å². The Balaban J connectivity index is 2.12. The Kier molecular flexibility index (Phi) is 5.09. The van der Waals surface area contributed by atoms with E-state index < -0.39 is 5.92 Å². The Labute approximate surface area is 152 Å². The average Bonchev–Trinajstić information content (AvgIpc) is 2.53. The van der Waals surface area contributed by atoms with Gasteiger partial charge in [0.05, 0.1) is 6.10 Å². The molecule has 5 heteroatoms. The van der Waals surface area contributed by atoms with E-state index in [1.807, 2.05) is 32.9 Å². The van der Waals surface area contributed by atoms with Crippen LogP contribution >= 0.6 is 11.6 Å². The van der Waals surface area contributed by atoms with Crippen LogP contribution in [0, 0.1) is 5.92 Å². The van der Waals surface area contributed by atoms with Gasteiger partial charge in [0.1, 0.15) is 5.92 Å². The maximum atomic E-state index is 12.8. The zero-order valence-electron chi connectivity index (χ0n) is 14.7. The zero-order valence-corrected chi connectivity index (χ0v) is 15.5. The van der Waals surface area contributed by atoms with Gasteiger partial charge in [-0.15, -0.1) is 0 Å². The van der Waals surface area contributed by atoms with Crippen molar-refractivity contribution in [3.63, 3.8) is 0 Å². The minimum Gasteiger partial charge on any atom is -0.462 e. The van der Waals surface area contributed by atoms with E-state index in [0.29, 0.717) is 22.7 Å². The molecule has 132 valence electrons. The Morgan fingerprint density at radius 1 is 1.24 bits per heavy atom. The molecule has 0 bridgehead atoms. The first kappa shape index (κ1) is 17.9. The second kappa shape index (κ2) is 7.12. The molecule has 0 fully saturated rings. The number of esters is 1. The van der Waals surface area contributed by atoms with Crippen molar-refractivity contribution in [2.45, 2.75) is 52.1 Å². The summed E-state index contributed by atoms with van der Waals surface area (Å²) in [7, 11) is 0. The summed E-state index contributed by atoms with van der Waals surface area (Å²) in [5, 5.41) is 0.621. The van der Waals surface area contributed by atoms with Gasteiger partial charge in [-0.2, -0.15) is 0 Å². The summed E-state index contributed by atoms with van der Waals surface area (Å²) in [6.07, 6.45) is 1.87. The molecular weight excluding hydrogens is 338 g/mol. The monoisotopic (exact) mass is 359 g/mol. The average molecular weight is 360 g/mol. The summed E-state index contributed by atoms with van der Waals surface area (Å²) in [4.78, 5) is 30.1. The van der Waals surface area contributed by atoms with E-state index in [-0.39, 0.29) is 23.8 Å². The summed E-state index contributed by atoms with van der Waals surface area (Å²) < 4.78 is 5.47. The van der Waals surface area contributed by atoms with Crippen LogP contribution in [0.1, 0.15) is 51.5 Å². The fraction of sp³-hybridized carbons (Fsp3) is 0.450. The molecule has 1 aliphatic carbocycles. The highest BCUT2D eigenvalue weighted by atomic mass is 35.5. The lowest BCUT2D eigenvalue weighted by atomic mass is 9.72. The van der Waals surface area contributed by atoms with Crippen molar-refractivity contribution in [2.24, 2.45) is 10.9 Å². The van der Waals surface area contributed by atoms with Crippen LogP contribution in [0.5, 0.6) is 0 Å². The molecule has 3 rings (SSSR count). The topological polar surface area (TPSA) is 55.7 Å². The summed E-state index contributed by atoms with van der Waals surface area (Å²) in [5.41, 5.74) is 3.10. The quantitative estimate of drug-likeness (QED) is 0.748. The van der Waals surface area contributed by atoms with Crippen LogP contribution < -0.4 is 0 Å². The highest BCUT2D eigenvalue weighted by molar-refractivity contribution is 6.30. The first-order valence-corrected chi connectivity index (χ1v) is 9.03. The van der Waals surface area contributed by atoms with Gasteiger partial charge in [0.15, 0.2) is 5.78 Å². The number of allylic oxidation sites excluding steroid dienone is 2. The number of hydrogen-bond donors (Lipinski definition) is 0. The van der Waals surface area contributed by atoms with Crippen molar-refractivity contribution < 1.29 is 14.3 Å². The fourth-order valence-corrected chi connectivity index (χ4v) is 3.77. The molecular formula is C20H22ClNO3. The fourth-order valence-electron chi connectivity index (χ4n) is 3.65. The Hall–Kier alpha value is -1.94. The lowest BCUT2D eigenvalue weighted by Gasteiger charge is -2.34. The molecule has 1 aromatic carbocycles. The van der Waals surface area contributed by atoms with Crippen LogP contribution in [0.4, 0.5) is 0 Å². The molecule has 4 nitrogen and oxygen atoms in total. The standard InChI is InChI=1S/C20H22ClNO3/c1-11(2)25-20(24)17-12(3)22-15-5-4-6-16(23)19(15)18(17)13-7-9-14(21)10-8-13/h7-11,17-18H,4-6H2,1-3H3/t17?,18-/m0/s1. The predicted octanol–water partition coefficient (Wildman–Crippen LogP) is 4.47. The largest absolute Gasteiger partial charge is 0.462 e. The predicted molar refractivity (Wildman–Crippen MR) is 97.9 cm³/mol.